The van der Waals surface area contributed by atoms with Crippen molar-refractivity contribution in [2.45, 2.75) is 32.2 Å². The summed E-state index contributed by atoms with van der Waals surface area (Å²) in [6.45, 7) is 4.99. The molecule has 0 saturated carbocycles. The highest BCUT2D eigenvalue weighted by Crippen LogP contribution is 2.19. The zero-order valence-corrected chi connectivity index (χ0v) is 11.8. The second-order valence-corrected chi connectivity index (χ2v) is 5.03. The van der Waals surface area contributed by atoms with E-state index in [2.05, 4.69) is 32.8 Å². The number of rotatable bonds is 6. The predicted octanol–water partition coefficient (Wildman–Crippen LogP) is 2.70. The molecule has 3 heteroatoms. The first-order valence-electron chi connectivity index (χ1n) is 6.35. The van der Waals surface area contributed by atoms with Crippen molar-refractivity contribution in [2.24, 2.45) is 0 Å². The molecule has 0 spiro atoms. The molecule has 0 aromatic carbocycles. The molecule has 1 atom stereocenters. The van der Waals surface area contributed by atoms with Crippen molar-refractivity contribution in [3.05, 3.63) is 35.6 Å². The molecule has 1 aliphatic carbocycles. The van der Waals surface area contributed by atoms with Gasteiger partial charge in [-0.3, -0.25) is 4.79 Å². The van der Waals surface area contributed by atoms with Crippen LogP contribution in [-0.4, -0.2) is 37.4 Å². The Morgan fingerprint density at radius 1 is 1.39 bits per heavy atom. The minimum atomic E-state index is 0.0297. The van der Waals surface area contributed by atoms with Crippen LogP contribution < -0.4 is 0 Å². The van der Waals surface area contributed by atoms with Gasteiger partial charge in [0.1, 0.15) is 18.7 Å². The number of aldehydes is 1. The third-order valence-electron chi connectivity index (χ3n) is 3.64. The zero-order chi connectivity index (χ0) is 13.6. The lowest BCUT2D eigenvalue weighted by atomic mass is 9.99. The third kappa shape index (κ3) is 3.84. The van der Waals surface area contributed by atoms with Gasteiger partial charge in [0, 0.05) is 5.57 Å². The average molecular weight is 249 g/mol. The van der Waals surface area contributed by atoms with Gasteiger partial charge in [0.2, 0.25) is 0 Å². The Kier molecular flexibility index (Phi) is 5.35. The SMILES string of the molecule is CCC(C)(COC1=CCC=C(C=O)C=C1)N(C)C. The Morgan fingerprint density at radius 2 is 2.11 bits per heavy atom. The van der Waals surface area contributed by atoms with Crippen LogP contribution in [0.15, 0.2) is 35.6 Å². The largest absolute Gasteiger partial charge is 0.492 e. The van der Waals surface area contributed by atoms with E-state index in [1.807, 2.05) is 18.2 Å². The first-order valence-corrected chi connectivity index (χ1v) is 6.35. The van der Waals surface area contributed by atoms with Gasteiger partial charge in [0.15, 0.2) is 0 Å². The van der Waals surface area contributed by atoms with Gasteiger partial charge in [0.05, 0.1) is 5.54 Å². The third-order valence-corrected chi connectivity index (χ3v) is 3.64. The molecule has 0 aliphatic heterocycles. The van der Waals surface area contributed by atoms with Crippen molar-refractivity contribution >= 4 is 6.29 Å². The summed E-state index contributed by atoms with van der Waals surface area (Å²) in [5.74, 6) is 0.838. The van der Waals surface area contributed by atoms with E-state index in [1.54, 1.807) is 6.08 Å². The summed E-state index contributed by atoms with van der Waals surface area (Å²) in [4.78, 5) is 12.9. The van der Waals surface area contributed by atoms with E-state index in [0.717, 1.165) is 24.9 Å². The van der Waals surface area contributed by atoms with Crippen LogP contribution in [0.5, 0.6) is 0 Å². The summed E-state index contributed by atoms with van der Waals surface area (Å²) in [5.41, 5.74) is 0.734. The van der Waals surface area contributed by atoms with E-state index in [-0.39, 0.29) is 5.54 Å². The van der Waals surface area contributed by atoms with E-state index >= 15 is 0 Å². The fourth-order valence-electron chi connectivity index (χ4n) is 1.61. The molecule has 0 fully saturated rings. The number of nitrogens with zero attached hydrogens (tertiary/aromatic N) is 1. The quantitative estimate of drug-likeness (QED) is 0.678. The number of allylic oxidation sites excluding steroid dienone is 5. The maximum Gasteiger partial charge on any atom is 0.149 e. The monoisotopic (exact) mass is 249 g/mol. The van der Waals surface area contributed by atoms with E-state index in [1.165, 1.54) is 0 Å². The molecule has 0 amide bonds. The minimum absolute atomic E-state index is 0.0297. The molecular formula is C15H23NO2. The summed E-state index contributed by atoms with van der Waals surface area (Å²) in [6.07, 6.45) is 10.2. The highest BCUT2D eigenvalue weighted by atomic mass is 16.5. The van der Waals surface area contributed by atoms with Crippen molar-refractivity contribution in [2.75, 3.05) is 20.7 Å². The molecule has 0 radical (unpaired) electrons. The van der Waals surface area contributed by atoms with Crippen LogP contribution in [-0.2, 0) is 9.53 Å². The first-order chi connectivity index (χ1) is 8.51. The summed E-state index contributed by atoms with van der Waals surface area (Å²) >= 11 is 0. The van der Waals surface area contributed by atoms with Gasteiger partial charge >= 0.3 is 0 Å². The van der Waals surface area contributed by atoms with Crippen LogP contribution in [0.4, 0.5) is 0 Å². The second-order valence-electron chi connectivity index (χ2n) is 5.03. The fraction of sp³-hybridized carbons (Fsp3) is 0.533. The second kappa shape index (κ2) is 6.55. The minimum Gasteiger partial charge on any atom is -0.492 e. The number of likely N-dealkylation sites (N-methyl/N-ethyl adjacent to an activating group) is 1. The first kappa shape index (κ1) is 14.7. The smallest absolute Gasteiger partial charge is 0.149 e. The Morgan fingerprint density at radius 3 is 2.67 bits per heavy atom. The number of hydrogen-bond acceptors (Lipinski definition) is 3. The molecule has 18 heavy (non-hydrogen) atoms. The van der Waals surface area contributed by atoms with Crippen LogP contribution in [0, 0.1) is 0 Å². The molecule has 3 nitrogen and oxygen atoms in total. The van der Waals surface area contributed by atoms with Crippen LogP contribution in [0.3, 0.4) is 0 Å². The molecule has 0 bridgehead atoms. The topological polar surface area (TPSA) is 29.5 Å². The van der Waals surface area contributed by atoms with Crippen molar-refractivity contribution < 1.29 is 9.53 Å². The zero-order valence-electron chi connectivity index (χ0n) is 11.8. The van der Waals surface area contributed by atoms with Crippen LogP contribution in [0.1, 0.15) is 26.7 Å². The Hall–Kier alpha value is -1.35. The summed E-state index contributed by atoms with van der Waals surface area (Å²) in [6, 6.07) is 0. The summed E-state index contributed by atoms with van der Waals surface area (Å²) in [5, 5.41) is 0. The number of ether oxygens (including phenoxy) is 1. The number of hydrogen-bond donors (Lipinski definition) is 0. The van der Waals surface area contributed by atoms with Gasteiger partial charge in [-0.2, -0.15) is 0 Å². The molecule has 0 heterocycles. The molecule has 100 valence electrons. The van der Waals surface area contributed by atoms with Crippen LogP contribution in [0.25, 0.3) is 0 Å². The molecule has 0 N–H and O–H groups in total. The molecule has 0 aromatic rings. The summed E-state index contributed by atoms with van der Waals surface area (Å²) < 4.78 is 5.86. The van der Waals surface area contributed by atoms with Gasteiger partial charge in [-0.05, 0) is 52.1 Å². The molecule has 1 rings (SSSR count). The van der Waals surface area contributed by atoms with E-state index in [0.29, 0.717) is 12.2 Å². The van der Waals surface area contributed by atoms with Gasteiger partial charge in [-0.25, -0.2) is 0 Å². The lowest BCUT2D eigenvalue weighted by Crippen LogP contribution is -2.44. The lowest BCUT2D eigenvalue weighted by molar-refractivity contribution is -0.104. The number of carbonyl (C=O) groups excluding carboxylic acids is 1. The van der Waals surface area contributed by atoms with Crippen molar-refractivity contribution in [3.8, 4) is 0 Å². The molecule has 0 aromatic heterocycles. The van der Waals surface area contributed by atoms with Gasteiger partial charge < -0.3 is 9.64 Å². The fourth-order valence-corrected chi connectivity index (χ4v) is 1.61. The normalized spacial score (nSPS) is 18.7. The predicted molar refractivity (Wildman–Crippen MR) is 74.3 cm³/mol. The molecular weight excluding hydrogens is 226 g/mol. The van der Waals surface area contributed by atoms with Crippen molar-refractivity contribution in [3.63, 3.8) is 0 Å². The van der Waals surface area contributed by atoms with Crippen LogP contribution in [0.2, 0.25) is 0 Å². The lowest BCUT2D eigenvalue weighted by Gasteiger charge is -2.35. The summed E-state index contributed by atoms with van der Waals surface area (Å²) in [7, 11) is 4.13. The number of carbonyl (C=O) groups is 1. The van der Waals surface area contributed by atoms with Crippen molar-refractivity contribution in [1.29, 1.82) is 0 Å². The average Bonchev–Trinajstić information content (AvgIpc) is 2.60. The Bertz CT molecular complexity index is 380. The molecule has 1 unspecified atom stereocenters. The van der Waals surface area contributed by atoms with Gasteiger partial charge in [-0.15, -0.1) is 0 Å². The van der Waals surface area contributed by atoms with E-state index < -0.39 is 0 Å². The van der Waals surface area contributed by atoms with Gasteiger partial charge in [-0.1, -0.05) is 13.0 Å². The van der Waals surface area contributed by atoms with E-state index in [4.69, 9.17) is 4.74 Å². The maximum atomic E-state index is 10.7. The Balaban J connectivity index is 2.60. The van der Waals surface area contributed by atoms with Crippen LogP contribution >= 0.6 is 0 Å². The highest BCUT2D eigenvalue weighted by Gasteiger charge is 2.25. The highest BCUT2D eigenvalue weighted by molar-refractivity contribution is 5.77. The Labute approximate surface area is 110 Å². The van der Waals surface area contributed by atoms with Gasteiger partial charge in [0.25, 0.3) is 0 Å². The molecule has 0 saturated heterocycles. The van der Waals surface area contributed by atoms with E-state index in [9.17, 15) is 4.79 Å². The maximum absolute atomic E-state index is 10.7. The standard InChI is InChI=1S/C15H23NO2/c1-5-15(2,16(3)4)12-18-14-8-6-7-13(11-17)9-10-14/h7-11H,5-6,12H2,1-4H3. The van der Waals surface area contributed by atoms with Crippen molar-refractivity contribution in [1.82, 2.24) is 4.90 Å². The molecule has 1 aliphatic rings.